The Bertz CT molecular complexity index is 1530. The number of fused-ring (bicyclic) bond motifs is 6. The van der Waals surface area contributed by atoms with Gasteiger partial charge in [0.25, 0.3) is 0 Å². The highest BCUT2D eigenvalue weighted by atomic mass is 19.4. The first kappa shape index (κ1) is 24.6. The second kappa shape index (κ2) is 9.23. The molecule has 38 heavy (non-hydrogen) atoms. The second-order valence-corrected chi connectivity index (χ2v) is 9.74. The van der Waals surface area contributed by atoms with Crippen molar-refractivity contribution in [3.63, 3.8) is 0 Å². The number of H-pyrrole nitrogens is 1. The molecule has 0 fully saturated rings. The fourth-order valence-corrected chi connectivity index (χ4v) is 5.68. The van der Waals surface area contributed by atoms with E-state index in [2.05, 4.69) is 22.0 Å². The maximum atomic E-state index is 14.0. The molecule has 9 heteroatoms. The molecule has 6 rings (SSSR count). The Labute approximate surface area is 216 Å². The largest absolute Gasteiger partial charge is 0.497 e. The number of nitrogens with one attached hydrogen (secondary N) is 1. The van der Waals surface area contributed by atoms with Crippen LogP contribution in [0.3, 0.4) is 0 Å². The molecule has 0 saturated carbocycles. The summed E-state index contributed by atoms with van der Waals surface area (Å²) in [4.78, 5) is 6.03. The Morgan fingerprint density at radius 2 is 1.84 bits per heavy atom. The molecule has 198 valence electrons. The van der Waals surface area contributed by atoms with E-state index < -0.39 is 17.6 Å². The zero-order chi connectivity index (χ0) is 26.6. The van der Waals surface area contributed by atoms with Crippen molar-refractivity contribution in [3.8, 4) is 17.2 Å². The van der Waals surface area contributed by atoms with Crippen LogP contribution < -0.4 is 14.2 Å². The van der Waals surface area contributed by atoms with Crippen molar-refractivity contribution >= 4 is 10.9 Å². The number of halogens is 4. The van der Waals surface area contributed by atoms with Gasteiger partial charge >= 0.3 is 6.18 Å². The summed E-state index contributed by atoms with van der Waals surface area (Å²) in [7, 11) is 3.22. The summed E-state index contributed by atoms with van der Waals surface area (Å²) in [5, 5.41) is 1.17. The number of ether oxygens (including phenoxy) is 3. The number of alkyl halides is 3. The number of rotatable bonds is 5. The van der Waals surface area contributed by atoms with E-state index in [-0.39, 0.29) is 12.6 Å². The highest BCUT2D eigenvalue weighted by Crippen LogP contribution is 2.44. The minimum Gasteiger partial charge on any atom is -0.497 e. The van der Waals surface area contributed by atoms with E-state index in [1.807, 2.05) is 18.2 Å². The molecule has 0 amide bonds. The van der Waals surface area contributed by atoms with Crippen LogP contribution in [0.15, 0.2) is 48.5 Å². The molecule has 5 nitrogen and oxygen atoms in total. The van der Waals surface area contributed by atoms with E-state index >= 15 is 0 Å². The van der Waals surface area contributed by atoms with Crippen molar-refractivity contribution in [1.29, 1.82) is 0 Å². The zero-order valence-corrected chi connectivity index (χ0v) is 20.9. The van der Waals surface area contributed by atoms with Gasteiger partial charge in [-0.25, -0.2) is 4.39 Å². The molecule has 0 saturated heterocycles. The lowest BCUT2D eigenvalue weighted by Gasteiger charge is -2.40. The lowest BCUT2D eigenvalue weighted by Crippen LogP contribution is -2.39. The molecule has 3 heterocycles. The maximum Gasteiger partial charge on any atom is 0.419 e. The molecular formula is C29H26F4N2O3. The van der Waals surface area contributed by atoms with Crippen LogP contribution in [0.2, 0.25) is 0 Å². The van der Waals surface area contributed by atoms with Crippen LogP contribution >= 0.6 is 0 Å². The highest BCUT2D eigenvalue weighted by molar-refractivity contribution is 5.86. The lowest BCUT2D eigenvalue weighted by atomic mass is 9.85. The molecule has 0 bridgehead atoms. The van der Waals surface area contributed by atoms with Crippen LogP contribution in [0, 0.1) is 5.82 Å². The summed E-state index contributed by atoms with van der Waals surface area (Å²) in [6.07, 6.45) is -3.08. The van der Waals surface area contributed by atoms with Crippen molar-refractivity contribution in [2.75, 3.05) is 20.8 Å². The molecule has 0 spiro atoms. The van der Waals surface area contributed by atoms with E-state index in [1.165, 1.54) is 28.3 Å². The molecule has 2 aliphatic heterocycles. The number of aromatic amines is 1. The summed E-state index contributed by atoms with van der Waals surface area (Å²) in [5.41, 5.74) is 4.93. The third kappa shape index (κ3) is 4.24. The predicted molar refractivity (Wildman–Crippen MR) is 134 cm³/mol. The van der Waals surface area contributed by atoms with Gasteiger partial charge in [0.05, 0.1) is 19.8 Å². The predicted octanol–water partition coefficient (Wildman–Crippen LogP) is 6.58. The van der Waals surface area contributed by atoms with E-state index in [0.717, 1.165) is 54.9 Å². The van der Waals surface area contributed by atoms with Gasteiger partial charge in [-0.15, -0.1) is 0 Å². The molecule has 1 N–H and O–H groups in total. The average Bonchev–Trinajstić information content (AvgIpc) is 3.25. The molecule has 4 aromatic rings. The van der Waals surface area contributed by atoms with Gasteiger partial charge in [-0.1, -0.05) is 6.07 Å². The van der Waals surface area contributed by atoms with E-state index in [1.54, 1.807) is 14.2 Å². The quantitative estimate of drug-likeness (QED) is 0.299. The van der Waals surface area contributed by atoms with Gasteiger partial charge in [0.15, 0.2) is 11.5 Å². The minimum absolute atomic E-state index is 0.0830. The normalized spacial score (nSPS) is 17.1. The first-order chi connectivity index (χ1) is 18.2. The van der Waals surface area contributed by atoms with Gasteiger partial charge in [0.1, 0.15) is 18.2 Å². The van der Waals surface area contributed by atoms with Crippen LogP contribution in [0.1, 0.15) is 39.6 Å². The average molecular weight is 527 g/mol. The molecule has 1 unspecified atom stereocenters. The van der Waals surface area contributed by atoms with Crippen molar-refractivity contribution in [1.82, 2.24) is 9.88 Å². The number of aromatic nitrogens is 1. The fourth-order valence-electron chi connectivity index (χ4n) is 5.68. The summed E-state index contributed by atoms with van der Waals surface area (Å²) in [5.74, 6) is 0.516. The van der Waals surface area contributed by atoms with Crippen LogP contribution in [0.4, 0.5) is 17.6 Å². The molecule has 1 aromatic heterocycles. The molecule has 2 aliphatic rings. The van der Waals surface area contributed by atoms with Gasteiger partial charge in [-0.05, 0) is 77.6 Å². The first-order valence-electron chi connectivity index (χ1n) is 12.4. The Kier molecular flexibility index (Phi) is 5.98. The van der Waals surface area contributed by atoms with Gasteiger partial charge in [-0.2, -0.15) is 13.2 Å². The van der Waals surface area contributed by atoms with Crippen molar-refractivity contribution in [2.24, 2.45) is 0 Å². The van der Waals surface area contributed by atoms with E-state index in [4.69, 9.17) is 14.2 Å². The third-order valence-electron chi connectivity index (χ3n) is 7.59. The lowest BCUT2D eigenvalue weighted by molar-refractivity contribution is -0.140. The monoisotopic (exact) mass is 526 g/mol. The Morgan fingerprint density at radius 3 is 2.58 bits per heavy atom. The number of methoxy groups -OCH3 is 2. The molecule has 0 radical (unpaired) electrons. The van der Waals surface area contributed by atoms with Crippen LogP contribution in [-0.4, -0.2) is 30.6 Å². The molecule has 0 aliphatic carbocycles. The fraction of sp³-hybridized carbons (Fsp3) is 0.310. The number of benzene rings is 3. The van der Waals surface area contributed by atoms with Gasteiger partial charge in [0.2, 0.25) is 0 Å². The summed E-state index contributed by atoms with van der Waals surface area (Å²) >= 11 is 0. The van der Waals surface area contributed by atoms with Crippen molar-refractivity contribution < 1.29 is 31.8 Å². The van der Waals surface area contributed by atoms with Gasteiger partial charge < -0.3 is 19.2 Å². The van der Waals surface area contributed by atoms with Crippen LogP contribution in [0.5, 0.6) is 17.2 Å². The SMILES string of the molecule is COc1ccc2[nH]c3c(c2c1)CC1c2cc(OC)c(OCc4ccc(C(F)(F)F)c(F)c4)cc2CCN1C3. The molecular weight excluding hydrogens is 500 g/mol. The summed E-state index contributed by atoms with van der Waals surface area (Å²) in [6.45, 7) is 1.61. The zero-order valence-electron chi connectivity index (χ0n) is 20.9. The Balaban J connectivity index is 1.27. The third-order valence-corrected chi connectivity index (χ3v) is 7.59. The smallest absolute Gasteiger partial charge is 0.419 e. The summed E-state index contributed by atoms with van der Waals surface area (Å²) in [6, 6.07) is 13.0. The number of hydrogen-bond donors (Lipinski definition) is 1. The number of nitrogens with zero attached hydrogens (tertiary/aromatic N) is 1. The minimum atomic E-state index is -4.74. The molecule has 3 aromatic carbocycles. The Morgan fingerprint density at radius 1 is 1.00 bits per heavy atom. The second-order valence-electron chi connectivity index (χ2n) is 9.74. The van der Waals surface area contributed by atoms with Gasteiger partial charge in [0, 0.05) is 35.7 Å². The van der Waals surface area contributed by atoms with Crippen molar-refractivity contribution in [2.45, 2.75) is 38.2 Å². The van der Waals surface area contributed by atoms with E-state index in [9.17, 15) is 17.6 Å². The van der Waals surface area contributed by atoms with E-state index in [0.29, 0.717) is 17.1 Å². The maximum absolute atomic E-state index is 14.0. The summed E-state index contributed by atoms with van der Waals surface area (Å²) < 4.78 is 69.7. The van der Waals surface area contributed by atoms with Crippen LogP contribution in [0.25, 0.3) is 10.9 Å². The highest BCUT2D eigenvalue weighted by Gasteiger charge is 2.35. The van der Waals surface area contributed by atoms with Gasteiger partial charge in [-0.3, -0.25) is 4.90 Å². The Hall–Kier alpha value is -3.72. The first-order valence-corrected chi connectivity index (χ1v) is 12.4. The van der Waals surface area contributed by atoms with Crippen molar-refractivity contribution in [3.05, 3.63) is 87.9 Å². The number of hydrogen-bond acceptors (Lipinski definition) is 4. The van der Waals surface area contributed by atoms with Crippen LogP contribution in [-0.2, 0) is 32.2 Å². The topological polar surface area (TPSA) is 46.7 Å². The standard InChI is InChI=1S/C29H26F4N2O3/c1-36-18-4-6-24-20(11-18)21-12-26-19-13-27(37-2)28(10-17(19)7-8-35(26)14-25(21)34-24)38-15-16-3-5-22(23(30)9-16)29(31,32)33/h3-6,9-11,13,26,34H,7-8,12,14-15H2,1-2H3. The molecule has 1 atom stereocenters.